The molecular weight excluding hydrogens is 372 g/mol. The Balaban J connectivity index is 1.68. The van der Waals surface area contributed by atoms with Gasteiger partial charge in [0.1, 0.15) is 0 Å². The summed E-state index contributed by atoms with van der Waals surface area (Å²) in [5.74, 6) is 0.763. The largest absolute Gasteiger partial charge is 0.339 e. The highest BCUT2D eigenvalue weighted by atomic mass is 16.2. The third kappa shape index (κ3) is 4.75. The lowest BCUT2D eigenvalue weighted by Crippen LogP contribution is -2.41. The van der Waals surface area contributed by atoms with Gasteiger partial charge in [0.2, 0.25) is 5.91 Å². The van der Waals surface area contributed by atoms with E-state index in [-0.39, 0.29) is 17.7 Å². The summed E-state index contributed by atoms with van der Waals surface area (Å²) in [4.78, 5) is 27.8. The minimum absolute atomic E-state index is 0.0637. The van der Waals surface area contributed by atoms with Crippen molar-refractivity contribution in [1.82, 2.24) is 4.90 Å². The Morgan fingerprint density at radius 1 is 0.900 bits per heavy atom. The fraction of sp³-hybridized carbons (Fsp3) is 0.462. The van der Waals surface area contributed by atoms with Crippen LogP contribution in [0.3, 0.4) is 0 Å². The molecule has 160 valence electrons. The summed E-state index contributed by atoms with van der Waals surface area (Å²) in [5.41, 5.74) is 5.09. The molecule has 2 amide bonds. The van der Waals surface area contributed by atoms with E-state index in [1.807, 2.05) is 36.1 Å². The van der Waals surface area contributed by atoms with E-state index in [0.717, 1.165) is 16.8 Å². The molecule has 3 rings (SSSR count). The summed E-state index contributed by atoms with van der Waals surface area (Å²) in [7, 11) is 0. The van der Waals surface area contributed by atoms with Crippen LogP contribution in [0.1, 0.15) is 79.4 Å². The van der Waals surface area contributed by atoms with Gasteiger partial charge in [0.15, 0.2) is 0 Å². The minimum Gasteiger partial charge on any atom is -0.339 e. The summed E-state index contributed by atoms with van der Waals surface area (Å²) in [5, 5.41) is 3.25. The smallest absolute Gasteiger partial charge is 0.254 e. The number of carbonyl (C=O) groups is 2. The molecule has 1 saturated heterocycles. The van der Waals surface area contributed by atoms with Gasteiger partial charge in [0.25, 0.3) is 5.91 Å². The third-order valence-electron chi connectivity index (χ3n) is 6.15. The molecule has 4 heteroatoms. The SMILES string of the molecule is Cc1ccccc1C(=O)N1CCC(C(=O)Nc2c(C(C)C)cccc2C(C)C)CC1. The average molecular weight is 407 g/mol. The van der Waals surface area contributed by atoms with Gasteiger partial charge in [-0.2, -0.15) is 0 Å². The van der Waals surface area contributed by atoms with Crippen molar-refractivity contribution in [3.8, 4) is 0 Å². The van der Waals surface area contributed by atoms with Crippen LogP contribution in [0.2, 0.25) is 0 Å². The number of para-hydroxylation sites is 1. The van der Waals surface area contributed by atoms with Crippen LogP contribution in [-0.4, -0.2) is 29.8 Å². The first kappa shape index (κ1) is 22.1. The van der Waals surface area contributed by atoms with E-state index in [1.165, 1.54) is 11.1 Å². The van der Waals surface area contributed by atoms with Gasteiger partial charge < -0.3 is 10.2 Å². The molecule has 1 N–H and O–H groups in total. The molecule has 0 bridgehead atoms. The van der Waals surface area contributed by atoms with Crippen molar-refractivity contribution in [3.05, 3.63) is 64.7 Å². The van der Waals surface area contributed by atoms with Gasteiger partial charge in [0, 0.05) is 30.3 Å². The Labute approximate surface area is 180 Å². The van der Waals surface area contributed by atoms with Crippen molar-refractivity contribution < 1.29 is 9.59 Å². The Kier molecular flexibility index (Phi) is 6.96. The van der Waals surface area contributed by atoms with E-state index in [2.05, 4.69) is 51.2 Å². The second-order valence-electron chi connectivity index (χ2n) is 8.99. The topological polar surface area (TPSA) is 49.4 Å². The Hall–Kier alpha value is -2.62. The third-order valence-corrected chi connectivity index (χ3v) is 6.15. The lowest BCUT2D eigenvalue weighted by Gasteiger charge is -2.32. The van der Waals surface area contributed by atoms with Crippen molar-refractivity contribution >= 4 is 17.5 Å². The van der Waals surface area contributed by atoms with E-state index >= 15 is 0 Å². The molecule has 1 fully saturated rings. The van der Waals surface area contributed by atoms with Crippen molar-refractivity contribution in [1.29, 1.82) is 0 Å². The number of rotatable bonds is 5. The van der Waals surface area contributed by atoms with Gasteiger partial charge in [-0.15, -0.1) is 0 Å². The van der Waals surface area contributed by atoms with Crippen LogP contribution < -0.4 is 5.32 Å². The number of piperidine rings is 1. The molecule has 0 atom stereocenters. The number of nitrogens with zero attached hydrogens (tertiary/aromatic N) is 1. The minimum atomic E-state index is -0.0637. The van der Waals surface area contributed by atoms with Gasteiger partial charge in [-0.05, 0) is 54.4 Å². The zero-order valence-corrected chi connectivity index (χ0v) is 18.9. The maximum absolute atomic E-state index is 13.1. The quantitative estimate of drug-likeness (QED) is 0.689. The number of likely N-dealkylation sites (tertiary alicyclic amines) is 1. The Morgan fingerprint density at radius 2 is 1.47 bits per heavy atom. The first-order valence-corrected chi connectivity index (χ1v) is 11.1. The predicted octanol–water partition coefficient (Wildman–Crippen LogP) is 5.73. The predicted molar refractivity (Wildman–Crippen MR) is 123 cm³/mol. The van der Waals surface area contributed by atoms with E-state index in [9.17, 15) is 9.59 Å². The number of hydrogen-bond acceptors (Lipinski definition) is 2. The van der Waals surface area contributed by atoms with Crippen molar-refractivity contribution in [2.75, 3.05) is 18.4 Å². The normalized spacial score (nSPS) is 15.0. The standard InChI is InChI=1S/C26H34N2O2/c1-17(2)21-11-8-12-22(18(3)4)24(21)27-25(29)20-13-15-28(16-14-20)26(30)23-10-7-6-9-19(23)5/h6-12,17-18,20H,13-16H2,1-5H3,(H,27,29). The van der Waals surface area contributed by atoms with Gasteiger partial charge in [-0.25, -0.2) is 0 Å². The maximum atomic E-state index is 13.1. The van der Waals surface area contributed by atoms with Crippen LogP contribution in [0, 0.1) is 12.8 Å². The van der Waals surface area contributed by atoms with Crippen molar-refractivity contribution in [2.45, 2.75) is 59.3 Å². The van der Waals surface area contributed by atoms with Gasteiger partial charge in [-0.3, -0.25) is 9.59 Å². The zero-order chi connectivity index (χ0) is 21.8. The van der Waals surface area contributed by atoms with Crippen LogP contribution in [0.5, 0.6) is 0 Å². The molecule has 0 aliphatic carbocycles. The van der Waals surface area contributed by atoms with Crippen LogP contribution in [0.25, 0.3) is 0 Å². The molecule has 0 saturated carbocycles. The highest BCUT2D eigenvalue weighted by Crippen LogP contribution is 2.33. The fourth-order valence-electron chi connectivity index (χ4n) is 4.25. The monoisotopic (exact) mass is 406 g/mol. The molecule has 2 aromatic carbocycles. The number of anilines is 1. The van der Waals surface area contributed by atoms with Gasteiger partial charge in [0.05, 0.1) is 0 Å². The van der Waals surface area contributed by atoms with Gasteiger partial charge >= 0.3 is 0 Å². The fourth-order valence-corrected chi connectivity index (χ4v) is 4.25. The van der Waals surface area contributed by atoms with Crippen LogP contribution in [-0.2, 0) is 4.79 Å². The number of carbonyl (C=O) groups excluding carboxylic acids is 2. The molecule has 0 aromatic heterocycles. The Bertz CT molecular complexity index is 883. The highest BCUT2D eigenvalue weighted by Gasteiger charge is 2.29. The second-order valence-corrected chi connectivity index (χ2v) is 8.99. The lowest BCUT2D eigenvalue weighted by molar-refractivity contribution is -0.121. The first-order valence-electron chi connectivity index (χ1n) is 11.1. The van der Waals surface area contributed by atoms with Crippen LogP contribution in [0.15, 0.2) is 42.5 Å². The second kappa shape index (κ2) is 9.46. The maximum Gasteiger partial charge on any atom is 0.254 e. The summed E-state index contributed by atoms with van der Waals surface area (Å²) < 4.78 is 0. The number of benzene rings is 2. The molecule has 30 heavy (non-hydrogen) atoms. The van der Waals surface area contributed by atoms with Crippen LogP contribution in [0.4, 0.5) is 5.69 Å². The zero-order valence-electron chi connectivity index (χ0n) is 18.9. The van der Waals surface area contributed by atoms with Gasteiger partial charge in [-0.1, -0.05) is 64.1 Å². The van der Waals surface area contributed by atoms with E-state index in [4.69, 9.17) is 0 Å². The molecular formula is C26H34N2O2. The molecule has 0 radical (unpaired) electrons. The highest BCUT2D eigenvalue weighted by molar-refractivity contribution is 5.97. The molecule has 0 spiro atoms. The summed E-state index contributed by atoms with van der Waals surface area (Å²) in [6, 6.07) is 14.0. The van der Waals surface area contributed by atoms with Crippen LogP contribution >= 0.6 is 0 Å². The molecule has 4 nitrogen and oxygen atoms in total. The van der Waals surface area contributed by atoms with Crippen molar-refractivity contribution in [3.63, 3.8) is 0 Å². The average Bonchev–Trinajstić information content (AvgIpc) is 2.73. The summed E-state index contributed by atoms with van der Waals surface area (Å²) in [6.45, 7) is 11.8. The van der Waals surface area contributed by atoms with E-state index in [0.29, 0.717) is 37.8 Å². The van der Waals surface area contributed by atoms with E-state index in [1.54, 1.807) is 0 Å². The molecule has 1 aliphatic heterocycles. The summed E-state index contributed by atoms with van der Waals surface area (Å²) >= 11 is 0. The number of hydrogen-bond donors (Lipinski definition) is 1. The van der Waals surface area contributed by atoms with Crippen molar-refractivity contribution in [2.24, 2.45) is 5.92 Å². The number of aryl methyl sites for hydroxylation is 1. The summed E-state index contributed by atoms with van der Waals surface area (Å²) in [6.07, 6.45) is 1.40. The lowest BCUT2D eigenvalue weighted by atomic mass is 9.91. The van der Waals surface area contributed by atoms with E-state index < -0.39 is 0 Å². The first-order chi connectivity index (χ1) is 14.3. The molecule has 0 unspecified atom stereocenters. The molecule has 1 aliphatic rings. The number of nitrogens with one attached hydrogen (secondary N) is 1. The molecule has 2 aromatic rings. The number of amides is 2. The molecule has 1 heterocycles. The Morgan fingerprint density at radius 3 is 2.00 bits per heavy atom.